The van der Waals surface area contributed by atoms with Crippen molar-refractivity contribution in [2.24, 2.45) is 5.92 Å². The van der Waals surface area contributed by atoms with Crippen LogP contribution in [0.1, 0.15) is 23.7 Å². The second-order valence-electron chi connectivity index (χ2n) is 4.60. The van der Waals surface area contributed by atoms with Crippen molar-refractivity contribution in [2.75, 3.05) is 14.2 Å². The third kappa shape index (κ3) is 4.91. The van der Waals surface area contributed by atoms with Crippen molar-refractivity contribution in [3.63, 3.8) is 0 Å². The fraction of sp³-hybridized carbons (Fsp3) is 0.400. The summed E-state index contributed by atoms with van der Waals surface area (Å²) >= 11 is 0. The lowest BCUT2D eigenvalue weighted by Crippen LogP contribution is -2.46. The Morgan fingerprint density at radius 2 is 1.71 bits per heavy atom. The molecule has 0 aliphatic carbocycles. The Hall–Kier alpha value is -2.37. The van der Waals surface area contributed by atoms with Crippen LogP contribution in [0, 0.1) is 5.92 Å². The van der Waals surface area contributed by atoms with Crippen molar-refractivity contribution >= 4 is 17.8 Å². The SMILES string of the molecule is COC(=O)C[C@H](C)[C@@H](NC(=O)c1ccccc1)C(=O)OC. The number of nitrogens with one attached hydrogen (secondary N) is 1. The molecule has 1 aromatic carbocycles. The monoisotopic (exact) mass is 293 g/mol. The molecule has 0 aromatic heterocycles. The van der Waals surface area contributed by atoms with Crippen molar-refractivity contribution in [3.8, 4) is 0 Å². The minimum absolute atomic E-state index is 0.00529. The van der Waals surface area contributed by atoms with Crippen molar-refractivity contribution in [1.29, 1.82) is 0 Å². The molecule has 0 saturated heterocycles. The number of amides is 1. The quantitative estimate of drug-likeness (QED) is 0.796. The van der Waals surface area contributed by atoms with Gasteiger partial charge in [0.1, 0.15) is 6.04 Å². The van der Waals surface area contributed by atoms with Gasteiger partial charge in [-0.05, 0) is 18.1 Å². The molecule has 0 radical (unpaired) electrons. The van der Waals surface area contributed by atoms with Gasteiger partial charge in [-0.25, -0.2) is 4.79 Å². The molecule has 0 aliphatic rings. The lowest BCUT2D eigenvalue weighted by molar-refractivity contribution is -0.146. The van der Waals surface area contributed by atoms with Crippen LogP contribution in [0.4, 0.5) is 0 Å². The minimum Gasteiger partial charge on any atom is -0.469 e. The van der Waals surface area contributed by atoms with E-state index < -0.39 is 29.8 Å². The van der Waals surface area contributed by atoms with E-state index in [1.54, 1.807) is 37.3 Å². The summed E-state index contributed by atoms with van der Waals surface area (Å²) in [5.74, 6) is -1.90. The van der Waals surface area contributed by atoms with E-state index in [1.807, 2.05) is 0 Å². The highest BCUT2D eigenvalue weighted by atomic mass is 16.5. The summed E-state index contributed by atoms with van der Waals surface area (Å²) < 4.78 is 9.25. The van der Waals surface area contributed by atoms with Crippen molar-refractivity contribution in [3.05, 3.63) is 35.9 Å². The summed E-state index contributed by atoms with van der Waals surface area (Å²) in [5, 5.41) is 2.59. The zero-order valence-corrected chi connectivity index (χ0v) is 12.3. The number of carbonyl (C=O) groups excluding carboxylic acids is 3. The van der Waals surface area contributed by atoms with E-state index in [4.69, 9.17) is 0 Å². The van der Waals surface area contributed by atoms with Crippen LogP contribution in [0.5, 0.6) is 0 Å². The van der Waals surface area contributed by atoms with Gasteiger partial charge in [0.25, 0.3) is 5.91 Å². The van der Waals surface area contributed by atoms with Crippen molar-refractivity contribution in [2.45, 2.75) is 19.4 Å². The maximum Gasteiger partial charge on any atom is 0.328 e. The lowest BCUT2D eigenvalue weighted by Gasteiger charge is -2.22. The number of hydrogen-bond donors (Lipinski definition) is 1. The van der Waals surface area contributed by atoms with Gasteiger partial charge in [0.2, 0.25) is 0 Å². The molecule has 0 fully saturated rings. The molecule has 1 amide bonds. The van der Waals surface area contributed by atoms with Gasteiger partial charge < -0.3 is 14.8 Å². The summed E-state index contributed by atoms with van der Waals surface area (Å²) in [6.07, 6.45) is 0.00529. The summed E-state index contributed by atoms with van der Waals surface area (Å²) in [4.78, 5) is 35.2. The van der Waals surface area contributed by atoms with Gasteiger partial charge >= 0.3 is 11.9 Å². The van der Waals surface area contributed by atoms with Crippen molar-refractivity contribution in [1.82, 2.24) is 5.32 Å². The Labute approximate surface area is 123 Å². The van der Waals surface area contributed by atoms with Gasteiger partial charge in [-0.2, -0.15) is 0 Å². The van der Waals surface area contributed by atoms with Gasteiger partial charge in [-0.1, -0.05) is 25.1 Å². The fourth-order valence-electron chi connectivity index (χ4n) is 1.84. The Balaban J connectivity index is 2.81. The zero-order chi connectivity index (χ0) is 15.8. The van der Waals surface area contributed by atoms with E-state index >= 15 is 0 Å². The topological polar surface area (TPSA) is 81.7 Å². The van der Waals surface area contributed by atoms with Crippen LogP contribution < -0.4 is 5.32 Å². The molecule has 0 heterocycles. The van der Waals surface area contributed by atoms with Gasteiger partial charge in [-0.3, -0.25) is 9.59 Å². The highest BCUT2D eigenvalue weighted by Crippen LogP contribution is 2.12. The predicted molar refractivity (Wildman–Crippen MR) is 75.5 cm³/mol. The molecule has 0 aliphatic heterocycles. The molecule has 0 saturated carbocycles. The zero-order valence-electron chi connectivity index (χ0n) is 12.3. The molecule has 0 bridgehead atoms. The first kappa shape index (κ1) is 16.7. The first-order valence-corrected chi connectivity index (χ1v) is 6.50. The lowest BCUT2D eigenvalue weighted by atomic mass is 9.98. The molecule has 1 rings (SSSR count). The van der Waals surface area contributed by atoms with E-state index in [0.717, 1.165) is 0 Å². The first-order valence-electron chi connectivity index (χ1n) is 6.50. The summed E-state index contributed by atoms with van der Waals surface area (Å²) in [5.41, 5.74) is 0.427. The molecule has 21 heavy (non-hydrogen) atoms. The summed E-state index contributed by atoms with van der Waals surface area (Å²) in [6.45, 7) is 1.67. The second-order valence-corrected chi connectivity index (χ2v) is 4.60. The normalized spacial score (nSPS) is 12.9. The number of methoxy groups -OCH3 is 2. The molecule has 0 unspecified atom stereocenters. The molecule has 0 spiro atoms. The smallest absolute Gasteiger partial charge is 0.328 e. The molecule has 1 aromatic rings. The van der Waals surface area contributed by atoms with Crippen molar-refractivity contribution < 1.29 is 23.9 Å². The van der Waals surface area contributed by atoms with Crippen LogP contribution in [-0.4, -0.2) is 38.1 Å². The number of ether oxygens (including phenoxy) is 2. The number of rotatable bonds is 6. The van der Waals surface area contributed by atoms with Crippen LogP contribution in [0.3, 0.4) is 0 Å². The molecular weight excluding hydrogens is 274 g/mol. The first-order chi connectivity index (χ1) is 9.99. The predicted octanol–water partition coefficient (Wildman–Crippen LogP) is 1.16. The number of benzene rings is 1. The Bertz CT molecular complexity index is 500. The maximum absolute atomic E-state index is 12.1. The molecule has 6 nitrogen and oxygen atoms in total. The molecule has 114 valence electrons. The number of hydrogen-bond acceptors (Lipinski definition) is 5. The average molecular weight is 293 g/mol. The number of esters is 2. The van der Waals surface area contributed by atoms with Gasteiger partial charge in [-0.15, -0.1) is 0 Å². The second kappa shape index (κ2) is 8.04. The standard InChI is InChI=1S/C15H19NO5/c1-10(9-12(17)20-2)13(15(19)21-3)16-14(18)11-7-5-4-6-8-11/h4-8,10,13H,9H2,1-3H3,(H,16,18)/t10-,13+/m0/s1. The third-order valence-electron chi connectivity index (χ3n) is 3.06. The van der Waals surface area contributed by atoms with Crippen LogP contribution >= 0.6 is 0 Å². The van der Waals surface area contributed by atoms with Gasteiger partial charge in [0.15, 0.2) is 0 Å². The molecule has 2 atom stereocenters. The van der Waals surface area contributed by atoms with Crippen LogP contribution in [0.15, 0.2) is 30.3 Å². The average Bonchev–Trinajstić information content (AvgIpc) is 2.52. The van der Waals surface area contributed by atoms with Gasteiger partial charge in [0.05, 0.1) is 20.6 Å². The summed E-state index contributed by atoms with van der Waals surface area (Å²) in [6, 6.07) is 7.58. The Morgan fingerprint density at radius 1 is 1.10 bits per heavy atom. The van der Waals surface area contributed by atoms with Crippen LogP contribution in [0.25, 0.3) is 0 Å². The van der Waals surface area contributed by atoms with E-state index in [0.29, 0.717) is 5.56 Å². The Morgan fingerprint density at radius 3 is 2.24 bits per heavy atom. The van der Waals surface area contributed by atoms with E-state index in [9.17, 15) is 14.4 Å². The van der Waals surface area contributed by atoms with Crippen LogP contribution in [0.2, 0.25) is 0 Å². The fourth-order valence-corrected chi connectivity index (χ4v) is 1.84. The molecule has 1 N–H and O–H groups in total. The maximum atomic E-state index is 12.1. The van der Waals surface area contributed by atoms with Crippen LogP contribution in [-0.2, 0) is 19.1 Å². The Kier molecular flexibility index (Phi) is 6.39. The van der Waals surface area contributed by atoms with Gasteiger partial charge in [0, 0.05) is 5.56 Å². The molecular formula is C15H19NO5. The highest BCUT2D eigenvalue weighted by Gasteiger charge is 2.29. The third-order valence-corrected chi connectivity index (χ3v) is 3.06. The number of carbonyl (C=O) groups is 3. The largest absolute Gasteiger partial charge is 0.469 e. The summed E-state index contributed by atoms with van der Waals surface area (Å²) in [7, 11) is 2.50. The van der Waals surface area contributed by atoms with E-state index in [2.05, 4.69) is 14.8 Å². The van der Waals surface area contributed by atoms with E-state index in [-0.39, 0.29) is 6.42 Å². The minimum atomic E-state index is -0.915. The highest BCUT2D eigenvalue weighted by molar-refractivity contribution is 5.96. The van der Waals surface area contributed by atoms with E-state index in [1.165, 1.54) is 14.2 Å². The molecule has 6 heteroatoms.